The van der Waals surface area contributed by atoms with Crippen molar-refractivity contribution < 1.29 is 22.0 Å². The summed E-state index contributed by atoms with van der Waals surface area (Å²) in [6.07, 6.45) is 1.71. The highest BCUT2D eigenvalue weighted by Gasteiger charge is 2.50. The summed E-state index contributed by atoms with van der Waals surface area (Å²) < 4.78 is 52.7. The van der Waals surface area contributed by atoms with E-state index in [-0.39, 0.29) is 28.5 Å². The van der Waals surface area contributed by atoms with Gasteiger partial charge in [0, 0.05) is 25.3 Å². The number of aromatic nitrogens is 2. The molecule has 2 aliphatic rings. The first kappa shape index (κ1) is 19.0. The van der Waals surface area contributed by atoms with E-state index in [0.717, 1.165) is 11.8 Å². The fraction of sp³-hybridized carbons (Fsp3) is 0.444. The topological polar surface area (TPSA) is 84.3 Å². The first-order valence-corrected chi connectivity index (χ1v) is 10.4. The lowest BCUT2D eigenvalue weighted by molar-refractivity contribution is 0.0557. The van der Waals surface area contributed by atoms with Crippen molar-refractivity contribution in [1.29, 1.82) is 0 Å². The summed E-state index contributed by atoms with van der Waals surface area (Å²) in [7, 11) is -3.57. The lowest BCUT2D eigenvalue weighted by Gasteiger charge is -2.39. The van der Waals surface area contributed by atoms with Crippen LogP contribution in [0.1, 0.15) is 29.0 Å². The fourth-order valence-electron chi connectivity index (χ4n) is 3.90. The minimum atomic E-state index is -3.57. The van der Waals surface area contributed by atoms with Gasteiger partial charge in [-0.25, -0.2) is 13.1 Å². The lowest BCUT2D eigenvalue weighted by atomic mass is 9.71. The van der Waals surface area contributed by atoms with Crippen molar-refractivity contribution in [3.05, 3.63) is 47.8 Å². The molecule has 1 N–H and O–H groups in total. The Morgan fingerprint density at radius 2 is 1.93 bits per heavy atom. The smallest absolute Gasteiger partial charge is 0.333 e. The van der Waals surface area contributed by atoms with E-state index >= 15 is 0 Å². The van der Waals surface area contributed by atoms with Crippen LogP contribution < -0.4 is 5.32 Å². The highest BCUT2D eigenvalue weighted by atomic mass is 32.2. The Morgan fingerprint density at radius 1 is 1.21 bits per heavy atom. The van der Waals surface area contributed by atoms with Crippen molar-refractivity contribution in [2.24, 2.45) is 11.8 Å². The number of halogens is 2. The van der Waals surface area contributed by atoms with Gasteiger partial charge in [-0.15, -0.1) is 0 Å². The number of nitrogens with one attached hydrogen (secondary N) is 1. The van der Waals surface area contributed by atoms with Crippen molar-refractivity contribution >= 4 is 15.9 Å². The summed E-state index contributed by atoms with van der Waals surface area (Å²) in [6.45, 7) is -0.153. The minimum absolute atomic E-state index is 0.0151. The van der Waals surface area contributed by atoms with Gasteiger partial charge in [0.1, 0.15) is 5.69 Å². The quantitative estimate of drug-likeness (QED) is 0.818. The van der Waals surface area contributed by atoms with Crippen LogP contribution in [0.4, 0.5) is 8.78 Å². The van der Waals surface area contributed by atoms with E-state index in [1.165, 1.54) is 10.4 Å². The molecule has 1 aliphatic heterocycles. The second-order valence-electron chi connectivity index (χ2n) is 7.33. The zero-order valence-electron chi connectivity index (χ0n) is 15.1. The van der Waals surface area contributed by atoms with Crippen LogP contribution in [0.2, 0.25) is 0 Å². The highest BCUT2D eigenvalue weighted by Crippen LogP contribution is 2.42. The molecule has 0 radical (unpaired) electrons. The van der Waals surface area contributed by atoms with Gasteiger partial charge in [-0.3, -0.25) is 4.79 Å². The lowest BCUT2D eigenvalue weighted by Crippen LogP contribution is -2.52. The first-order valence-electron chi connectivity index (χ1n) is 8.96. The van der Waals surface area contributed by atoms with E-state index in [1.54, 1.807) is 24.3 Å². The van der Waals surface area contributed by atoms with Gasteiger partial charge in [0.2, 0.25) is 10.0 Å². The number of carbonyl (C=O) groups excluding carboxylic acids is 1. The number of rotatable bonds is 5. The monoisotopic (exact) mass is 410 g/mol. The molecule has 0 spiro atoms. The third kappa shape index (κ3) is 3.30. The number of amides is 1. The zero-order valence-corrected chi connectivity index (χ0v) is 15.9. The SMILES string of the molecule is Cc1ccc(S(=O)(=O)N2C[C@H]3C[C@H](NC(=O)c4ccn(C(F)F)n4)[C@H]3C2)cc1. The number of hydrogen-bond acceptors (Lipinski definition) is 4. The van der Waals surface area contributed by atoms with E-state index in [4.69, 9.17) is 0 Å². The molecule has 1 saturated carbocycles. The number of benzene rings is 1. The normalized spacial score (nSPS) is 24.8. The number of nitrogens with zero attached hydrogens (tertiary/aromatic N) is 3. The molecule has 4 rings (SSSR count). The van der Waals surface area contributed by atoms with Gasteiger partial charge < -0.3 is 5.32 Å². The average Bonchev–Trinajstić information content (AvgIpc) is 3.25. The molecular formula is C18H20F2N4O3S. The first-order chi connectivity index (χ1) is 13.3. The Hall–Kier alpha value is -2.33. The number of sulfonamides is 1. The van der Waals surface area contributed by atoms with Crippen LogP contribution >= 0.6 is 0 Å². The fourth-order valence-corrected chi connectivity index (χ4v) is 5.43. The molecule has 150 valence electrons. The van der Waals surface area contributed by atoms with Crippen LogP contribution in [-0.4, -0.2) is 47.5 Å². The van der Waals surface area contributed by atoms with Crippen LogP contribution in [0.15, 0.2) is 41.4 Å². The van der Waals surface area contributed by atoms with E-state index in [0.29, 0.717) is 24.2 Å². The summed E-state index contributed by atoms with van der Waals surface area (Å²) >= 11 is 0. The van der Waals surface area contributed by atoms with Crippen LogP contribution in [0.3, 0.4) is 0 Å². The largest absolute Gasteiger partial charge is 0.348 e. The standard InChI is InChI=1S/C18H20F2N4O3S/c1-11-2-4-13(5-3-11)28(26,27)23-9-12-8-16(14(12)10-23)21-17(25)15-6-7-24(22-15)18(19)20/h2-7,12,14,16,18H,8-10H2,1H3,(H,21,25)/t12-,14+,16+/m1/s1. The average molecular weight is 410 g/mol. The van der Waals surface area contributed by atoms with Gasteiger partial charge in [-0.2, -0.15) is 18.2 Å². The Bertz CT molecular complexity index is 991. The van der Waals surface area contributed by atoms with Gasteiger partial charge in [-0.1, -0.05) is 17.7 Å². The van der Waals surface area contributed by atoms with E-state index in [2.05, 4.69) is 10.4 Å². The van der Waals surface area contributed by atoms with Crippen LogP contribution in [0.5, 0.6) is 0 Å². The van der Waals surface area contributed by atoms with Gasteiger partial charge in [0.25, 0.3) is 5.91 Å². The Kier molecular flexibility index (Phi) is 4.70. The molecule has 2 aromatic rings. The molecule has 1 saturated heterocycles. The zero-order chi connectivity index (χ0) is 20.1. The molecule has 1 aliphatic carbocycles. The van der Waals surface area contributed by atoms with E-state index < -0.39 is 22.5 Å². The predicted molar refractivity (Wildman–Crippen MR) is 96.3 cm³/mol. The van der Waals surface area contributed by atoms with Crippen LogP contribution in [-0.2, 0) is 10.0 Å². The maximum Gasteiger partial charge on any atom is 0.333 e. The molecule has 1 aromatic carbocycles. The molecule has 2 fully saturated rings. The van der Waals surface area contributed by atoms with Gasteiger partial charge in [0.15, 0.2) is 0 Å². The molecule has 7 nitrogen and oxygen atoms in total. The molecule has 1 aromatic heterocycles. The van der Waals surface area contributed by atoms with Crippen LogP contribution in [0, 0.1) is 18.8 Å². The van der Waals surface area contributed by atoms with Gasteiger partial charge >= 0.3 is 6.55 Å². The second-order valence-corrected chi connectivity index (χ2v) is 9.27. The van der Waals surface area contributed by atoms with Crippen molar-refractivity contribution in [3.8, 4) is 0 Å². The number of hydrogen-bond donors (Lipinski definition) is 1. The van der Waals surface area contributed by atoms with Crippen LogP contribution in [0.25, 0.3) is 0 Å². The molecule has 1 amide bonds. The minimum Gasteiger partial charge on any atom is -0.348 e. The van der Waals surface area contributed by atoms with E-state index in [1.807, 2.05) is 6.92 Å². The molecule has 0 unspecified atom stereocenters. The Labute approximate surface area is 161 Å². The molecule has 28 heavy (non-hydrogen) atoms. The molecular weight excluding hydrogens is 390 g/mol. The summed E-state index contributed by atoms with van der Waals surface area (Å²) in [4.78, 5) is 12.5. The molecule has 3 atom stereocenters. The number of alkyl halides is 2. The third-order valence-electron chi connectivity index (χ3n) is 5.55. The van der Waals surface area contributed by atoms with Crippen molar-refractivity contribution in [3.63, 3.8) is 0 Å². The van der Waals surface area contributed by atoms with Gasteiger partial charge in [0.05, 0.1) is 4.90 Å². The summed E-state index contributed by atoms with van der Waals surface area (Å²) in [5.41, 5.74) is 0.906. The van der Waals surface area contributed by atoms with E-state index in [9.17, 15) is 22.0 Å². The Balaban J connectivity index is 1.40. The Morgan fingerprint density at radius 3 is 2.57 bits per heavy atom. The number of carbonyl (C=O) groups is 1. The highest BCUT2D eigenvalue weighted by molar-refractivity contribution is 7.89. The van der Waals surface area contributed by atoms with Crippen molar-refractivity contribution in [1.82, 2.24) is 19.4 Å². The molecule has 10 heteroatoms. The summed E-state index contributed by atoms with van der Waals surface area (Å²) in [5, 5.41) is 6.35. The molecule has 0 bridgehead atoms. The van der Waals surface area contributed by atoms with Crippen molar-refractivity contribution in [2.45, 2.75) is 30.8 Å². The number of aryl methyl sites for hydroxylation is 1. The maximum absolute atomic E-state index is 12.8. The predicted octanol–water partition coefficient (Wildman–Crippen LogP) is 2.03. The third-order valence-corrected chi connectivity index (χ3v) is 7.39. The van der Waals surface area contributed by atoms with Gasteiger partial charge in [-0.05, 0) is 43.4 Å². The van der Waals surface area contributed by atoms with Crippen molar-refractivity contribution in [2.75, 3.05) is 13.1 Å². The molecule has 2 heterocycles. The summed E-state index contributed by atoms with van der Waals surface area (Å²) in [6, 6.07) is 7.78. The summed E-state index contributed by atoms with van der Waals surface area (Å²) in [5.74, 6) is -0.326. The number of fused-ring (bicyclic) bond motifs is 1. The second kappa shape index (κ2) is 6.93. The maximum atomic E-state index is 12.8.